The number of hydrogen-bond donors (Lipinski definition) is 2. The summed E-state index contributed by atoms with van der Waals surface area (Å²) in [5.74, 6) is 11.0. The molecule has 3 aliphatic rings. The Morgan fingerprint density at radius 1 is 1.27 bits per heavy atom. The number of nitrogens with two attached hydrogens (primary N) is 1. The first kappa shape index (κ1) is 10.1. The highest BCUT2D eigenvalue weighted by molar-refractivity contribution is 5.15. The van der Waals surface area contributed by atoms with Crippen LogP contribution in [0.25, 0.3) is 0 Å². The summed E-state index contributed by atoms with van der Waals surface area (Å²) in [5.41, 5.74) is 3.10. The van der Waals surface area contributed by atoms with Crippen LogP contribution in [0.1, 0.15) is 45.4 Å². The van der Waals surface area contributed by atoms with Gasteiger partial charge in [0.05, 0.1) is 0 Å². The molecule has 0 amide bonds. The molecule has 3 N–H and O–H groups in total. The van der Waals surface area contributed by atoms with Crippen molar-refractivity contribution in [2.75, 3.05) is 0 Å². The third-order valence-electron chi connectivity index (χ3n) is 5.34. The van der Waals surface area contributed by atoms with Gasteiger partial charge in [-0.15, -0.1) is 0 Å². The van der Waals surface area contributed by atoms with Gasteiger partial charge in [-0.05, 0) is 55.3 Å². The molecule has 0 aromatic rings. The average molecular weight is 208 g/mol. The lowest BCUT2D eigenvalue weighted by Crippen LogP contribution is -2.38. The van der Waals surface area contributed by atoms with Gasteiger partial charge in [-0.3, -0.25) is 11.3 Å². The molecule has 0 saturated heterocycles. The first-order valence-electron chi connectivity index (χ1n) is 6.83. The smallest absolute Gasteiger partial charge is 0.0244 e. The van der Waals surface area contributed by atoms with Crippen molar-refractivity contribution in [3.05, 3.63) is 0 Å². The Labute approximate surface area is 93.0 Å². The summed E-state index contributed by atoms with van der Waals surface area (Å²) in [7, 11) is 0. The highest BCUT2D eigenvalue weighted by atomic mass is 15.2. The van der Waals surface area contributed by atoms with E-state index in [0.717, 1.165) is 29.6 Å². The van der Waals surface area contributed by atoms with Crippen molar-refractivity contribution >= 4 is 0 Å². The number of nitrogens with one attached hydrogen (secondary N) is 1. The Morgan fingerprint density at radius 3 is 2.47 bits per heavy atom. The molecule has 0 radical (unpaired) electrons. The highest BCUT2D eigenvalue weighted by Gasteiger charge is 2.66. The zero-order chi connectivity index (χ0) is 10.4. The van der Waals surface area contributed by atoms with E-state index in [9.17, 15) is 0 Å². The summed E-state index contributed by atoms with van der Waals surface area (Å²) in [6, 6.07) is 0.628. The Balaban J connectivity index is 1.60. The minimum absolute atomic E-state index is 0.628. The van der Waals surface area contributed by atoms with Gasteiger partial charge in [0.15, 0.2) is 0 Å². The topological polar surface area (TPSA) is 38.0 Å². The van der Waals surface area contributed by atoms with Crippen LogP contribution < -0.4 is 11.3 Å². The second-order valence-corrected chi connectivity index (χ2v) is 5.98. The molecule has 0 aliphatic heterocycles. The van der Waals surface area contributed by atoms with Crippen LogP contribution in [0.3, 0.4) is 0 Å². The Morgan fingerprint density at radius 2 is 1.93 bits per heavy atom. The van der Waals surface area contributed by atoms with E-state index >= 15 is 0 Å². The molecule has 15 heavy (non-hydrogen) atoms. The van der Waals surface area contributed by atoms with Crippen molar-refractivity contribution in [2.24, 2.45) is 35.4 Å². The van der Waals surface area contributed by atoms with Gasteiger partial charge in [-0.25, -0.2) is 0 Å². The quantitative estimate of drug-likeness (QED) is 0.537. The summed E-state index contributed by atoms with van der Waals surface area (Å²) in [4.78, 5) is 0. The second-order valence-electron chi connectivity index (χ2n) is 5.98. The molecule has 3 rings (SSSR count). The van der Waals surface area contributed by atoms with E-state index in [1.165, 1.54) is 32.1 Å². The fraction of sp³-hybridized carbons (Fsp3) is 1.00. The van der Waals surface area contributed by atoms with Crippen molar-refractivity contribution in [3.8, 4) is 0 Å². The normalized spacial score (nSPS) is 48.0. The van der Waals surface area contributed by atoms with E-state index in [2.05, 4.69) is 12.3 Å². The molecule has 2 nitrogen and oxygen atoms in total. The largest absolute Gasteiger partial charge is 0.271 e. The van der Waals surface area contributed by atoms with Crippen molar-refractivity contribution in [2.45, 2.75) is 51.5 Å². The number of hydrazine groups is 1. The van der Waals surface area contributed by atoms with Gasteiger partial charge in [-0.2, -0.15) is 0 Å². The standard InChI is InChI=1S/C13H24N2/c1-2-3-4-10(15-14)13-11-8-5-6-9(7-8)12(11)13/h8-13,15H,2-7,14H2,1H3. The maximum absolute atomic E-state index is 5.72. The molecule has 0 aromatic carbocycles. The number of unbranched alkanes of at least 4 members (excludes halogenated alkanes) is 1. The van der Waals surface area contributed by atoms with Crippen LogP contribution in [0.2, 0.25) is 0 Å². The molecule has 0 heterocycles. The van der Waals surface area contributed by atoms with E-state index in [4.69, 9.17) is 5.84 Å². The summed E-state index contributed by atoms with van der Waals surface area (Å²) >= 11 is 0. The molecule has 0 aromatic heterocycles. The summed E-state index contributed by atoms with van der Waals surface area (Å²) in [5, 5.41) is 0. The van der Waals surface area contributed by atoms with Gasteiger partial charge in [0.2, 0.25) is 0 Å². The zero-order valence-electron chi connectivity index (χ0n) is 9.78. The number of fused-ring (bicyclic) bond motifs is 5. The minimum atomic E-state index is 0.628. The van der Waals surface area contributed by atoms with E-state index < -0.39 is 0 Å². The van der Waals surface area contributed by atoms with Crippen LogP contribution in [-0.4, -0.2) is 6.04 Å². The van der Waals surface area contributed by atoms with Crippen molar-refractivity contribution in [1.82, 2.24) is 5.43 Å². The monoisotopic (exact) mass is 208 g/mol. The lowest BCUT2D eigenvalue weighted by atomic mass is 9.95. The predicted octanol–water partition coefficient (Wildman–Crippen LogP) is 2.30. The fourth-order valence-corrected chi connectivity index (χ4v) is 4.74. The molecule has 3 aliphatic carbocycles. The third kappa shape index (κ3) is 1.45. The molecule has 0 spiro atoms. The van der Waals surface area contributed by atoms with Crippen molar-refractivity contribution < 1.29 is 0 Å². The first-order valence-corrected chi connectivity index (χ1v) is 6.83. The van der Waals surface area contributed by atoms with Crippen LogP contribution in [-0.2, 0) is 0 Å². The van der Waals surface area contributed by atoms with Gasteiger partial charge in [-0.1, -0.05) is 19.8 Å². The predicted molar refractivity (Wildman–Crippen MR) is 61.9 cm³/mol. The number of hydrogen-bond acceptors (Lipinski definition) is 2. The number of rotatable bonds is 5. The molecular formula is C13H24N2. The lowest BCUT2D eigenvalue weighted by Gasteiger charge is -2.19. The van der Waals surface area contributed by atoms with Crippen LogP contribution in [0, 0.1) is 29.6 Å². The maximum atomic E-state index is 5.72. The van der Waals surface area contributed by atoms with Gasteiger partial charge in [0.1, 0.15) is 0 Å². The van der Waals surface area contributed by atoms with E-state index in [1.807, 2.05) is 0 Å². The Kier molecular flexibility index (Phi) is 2.52. The van der Waals surface area contributed by atoms with Gasteiger partial charge in [0, 0.05) is 6.04 Å². The van der Waals surface area contributed by atoms with Crippen molar-refractivity contribution in [1.29, 1.82) is 0 Å². The average Bonchev–Trinajstić information content (AvgIpc) is 2.70. The second kappa shape index (κ2) is 3.74. The molecule has 2 heteroatoms. The first-order chi connectivity index (χ1) is 7.36. The van der Waals surface area contributed by atoms with Crippen LogP contribution in [0.5, 0.6) is 0 Å². The SMILES string of the molecule is CCCCC(NN)C1C2C3CCC(C3)C21. The summed E-state index contributed by atoms with van der Waals surface area (Å²) in [6.45, 7) is 2.27. The Hall–Kier alpha value is -0.0800. The zero-order valence-corrected chi connectivity index (χ0v) is 9.78. The molecule has 86 valence electrons. The molecular weight excluding hydrogens is 184 g/mol. The van der Waals surface area contributed by atoms with Gasteiger partial charge < -0.3 is 0 Å². The van der Waals surface area contributed by atoms with Crippen LogP contribution in [0.15, 0.2) is 0 Å². The third-order valence-corrected chi connectivity index (χ3v) is 5.34. The van der Waals surface area contributed by atoms with Crippen LogP contribution in [0.4, 0.5) is 0 Å². The molecule has 5 atom stereocenters. The van der Waals surface area contributed by atoms with E-state index in [1.54, 1.807) is 6.42 Å². The fourth-order valence-electron chi connectivity index (χ4n) is 4.74. The van der Waals surface area contributed by atoms with Gasteiger partial charge in [0.25, 0.3) is 0 Å². The maximum Gasteiger partial charge on any atom is 0.0244 e. The van der Waals surface area contributed by atoms with Gasteiger partial charge >= 0.3 is 0 Å². The molecule has 2 bridgehead atoms. The van der Waals surface area contributed by atoms with E-state index in [-0.39, 0.29) is 0 Å². The van der Waals surface area contributed by atoms with E-state index in [0.29, 0.717) is 6.04 Å². The summed E-state index contributed by atoms with van der Waals surface area (Å²) < 4.78 is 0. The summed E-state index contributed by atoms with van der Waals surface area (Å²) in [6.07, 6.45) is 8.52. The molecule has 5 unspecified atom stereocenters. The molecule has 3 saturated carbocycles. The minimum Gasteiger partial charge on any atom is -0.271 e. The highest BCUT2D eigenvalue weighted by Crippen LogP contribution is 2.70. The van der Waals surface area contributed by atoms with Crippen LogP contribution >= 0.6 is 0 Å². The lowest BCUT2D eigenvalue weighted by molar-refractivity contribution is 0.346. The van der Waals surface area contributed by atoms with Crippen molar-refractivity contribution in [3.63, 3.8) is 0 Å². The molecule has 3 fully saturated rings. The Bertz CT molecular complexity index is 225.